The van der Waals surface area contributed by atoms with Crippen molar-refractivity contribution in [3.05, 3.63) is 42.5 Å². The van der Waals surface area contributed by atoms with Crippen LogP contribution in [0.4, 0.5) is 11.6 Å². The summed E-state index contributed by atoms with van der Waals surface area (Å²) in [5, 5.41) is 3.24. The zero-order chi connectivity index (χ0) is 16.9. The third kappa shape index (κ3) is 3.95. The van der Waals surface area contributed by atoms with Crippen LogP contribution in [0.3, 0.4) is 0 Å². The lowest BCUT2D eigenvalue weighted by atomic mass is 10.0. The molecule has 2 aromatic rings. The molecule has 2 fully saturated rings. The fourth-order valence-corrected chi connectivity index (χ4v) is 3.47. The van der Waals surface area contributed by atoms with Gasteiger partial charge in [0.25, 0.3) is 0 Å². The molecule has 0 spiro atoms. The van der Waals surface area contributed by atoms with Gasteiger partial charge in [-0.15, -0.1) is 0 Å². The van der Waals surface area contributed by atoms with Crippen molar-refractivity contribution in [3.8, 4) is 0 Å². The highest BCUT2D eigenvalue weighted by Crippen LogP contribution is 2.28. The maximum absolute atomic E-state index is 5.73. The Hall–Kier alpha value is -2.09. The number of morpholine rings is 1. The van der Waals surface area contributed by atoms with E-state index < -0.39 is 0 Å². The van der Waals surface area contributed by atoms with Gasteiger partial charge in [0.05, 0.1) is 19.3 Å². The van der Waals surface area contributed by atoms with Gasteiger partial charge in [0.15, 0.2) is 0 Å². The van der Waals surface area contributed by atoms with Gasteiger partial charge >= 0.3 is 0 Å². The van der Waals surface area contributed by atoms with Gasteiger partial charge in [-0.25, -0.2) is 15.0 Å². The average molecular weight is 341 g/mol. The Morgan fingerprint density at radius 1 is 0.960 bits per heavy atom. The molecule has 2 saturated heterocycles. The number of pyridine rings is 1. The zero-order valence-electron chi connectivity index (χ0n) is 14.2. The highest BCUT2D eigenvalue weighted by molar-refractivity contribution is 5.50. The van der Waals surface area contributed by atoms with Gasteiger partial charge in [0, 0.05) is 38.2 Å². The second-order valence-electron chi connectivity index (χ2n) is 6.31. The number of hydrogen-bond acceptors (Lipinski definition) is 7. The SMILES string of the molecule is c1ccc(Nc2ccnc([C@H]3COCCN3C3CCOCC3)n2)nc1. The highest BCUT2D eigenvalue weighted by Gasteiger charge is 2.33. The van der Waals surface area contributed by atoms with E-state index >= 15 is 0 Å². The molecular weight excluding hydrogens is 318 g/mol. The third-order valence-corrected chi connectivity index (χ3v) is 4.72. The number of hydrogen-bond donors (Lipinski definition) is 1. The van der Waals surface area contributed by atoms with E-state index in [1.807, 2.05) is 24.3 Å². The molecule has 0 aliphatic carbocycles. The molecule has 2 aliphatic rings. The Labute approximate surface area is 147 Å². The second kappa shape index (κ2) is 7.86. The minimum atomic E-state index is 0.0855. The van der Waals surface area contributed by atoms with E-state index in [9.17, 15) is 0 Å². The molecule has 0 bridgehead atoms. The van der Waals surface area contributed by atoms with Crippen LogP contribution in [0.25, 0.3) is 0 Å². The minimum absolute atomic E-state index is 0.0855. The van der Waals surface area contributed by atoms with Crippen LogP contribution in [0, 0.1) is 0 Å². The van der Waals surface area contributed by atoms with Crippen molar-refractivity contribution >= 4 is 11.6 Å². The van der Waals surface area contributed by atoms with Gasteiger partial charge < -0.3 is 14.8 Å². The summed E-state index contributed by atoms with van der Waals surface area (Å²) in [7, 11) is 0. The molecule has 2 aromatic heterocycles. The van der Waals surface area contributed by atoms with Crippen LogP contribution in [0.1, 0.15) is 24.7 Å². The summed E-state index contributed by atoms with van der Waals surface area (Å²) in [4.78, 5) is 16.0. The summed E-state index contributed by atoms with van der Waals surface area (Å²) in [5.41, 5.74) is 0. The quantitative estimate of drug-likeness (QED) is 0.913. The molecule has 0 unspecified atom stereocenters. The topological polar surface area (TPSA) is 72.4 Å². The molecule has 0 amide bonds. The van der Waals surface area contributed by atoms with Crippen molar-refractivity contribution < 1.29 is 9.47 Å². The van der Waals surface area contributed by atoms with Crippen LogP contribution in [0.15, 0.2) is 36.7 Å². The van der Waals surface area contributed by atoms with Crippen molar-refractivity contribution in [2.45, 2.75) is 24.9 Å². The van der Waals surface area contributed by atoms with Crippen LogP contribution in [-0.2, 0) is 9.47 Å². The molecule has 1 N–H and O–H groups in total. The molecule has 1 atom stereocenters. The maximum Gasteiger partial charge on any atom is 0.150 e. The Kier molecular flexibility index (Phi) is 5.15. The fourth-order valence-electron chi connectivity index (χ4n) is 3.47. The number of nitrogens with one attached hydrogen (secondary N) is 1. The first kappa shape index (κ1) is 16.4. The first-order valence-corrected chi connectivity index (χ1v) is 8.82. The van der Waals surface area contributed by atoms with Gasteiger partial charge in [-0.3, -0.25) is 4.90 Å². The molecular formula is C18H23N5O2. The van der Waals surface area contributed by atoms with Crippen molar-refractivity contribution in [1.82, 2.24) is 19.9 Å². The standard InChI is InChI=1S/C18H23N5O2/c1-2-7-19-16(3-1)21-17-4-8-20-18(22-17)15-13-25-12-9-23(15)14-5-10-24-11-6-14/h1-4,7-8,14-15H,5-6,9-13H2,(H,19,20,21,22)/t15-/m1/s1. The first-order valence-electron chi connectivity index (χ1n) is 8.82. The van der Waals surface area contributed by atoms with Gasteiger partial charge in [-0.05, 0) is 31.0 Å². The predicted octanol–water partition coefficient (Wildman–Crippen LogP) is 2.17. The summed E-state index contributed by atoms with van der Waals surface area (Å²) < 4.78 is 11.2. The van der Waals surface area contributed by atoms with E-state index in [1.54, 1.807) is 12.4 Å². The zero-order valence-corrected chi connectivity index (χ0v) is 14.2. The predicted molar refractivity (Wildman–Crippen MR) is 93.7 cm³/mol. The largest absolute Gasteiger partial charge is 0.381 e. The van der Waals surface area contributed by atoms with Crippen LogP contribution >= 0.6 is 0 Å². The van der Waals surface area contributed by atoms with Gasteiger partial charge in [0.2, 0.25) is 0 Å². The van der Waals surface area contributed by atoms with Crippen LogP contribution in [0.2, 0.25) is 0 Å². The molecule has 0 aromatic carbocycles. The van der Waals surface area contributed by atoms with Gasteiger partial charge in [-0.2, -0.15) is 0 Å². The summed E-state index contributed by atoms with van der Waals surface area (Å²) in [6.45, 7) is 3.97. The van der Waals surface area contributed by atoms with Gasteiger partial charge in [0.1, 0.15) is 17.5 Å². The number of nitrogens with zero attached hydrogens (tertiary/aromatic N) is 4. The van der Waals surface area contributed by atoms with E-state index in [4.69, 9.17) is 14.5 Å². The number of ether oxygens (including phenoxy) is 2. The van der Waals surface area contributed by atoms with Crippen molar-refractivity contribution in [2.24, 2.45) is 0 Å². The smallest absolute Gasteiger partial charge is 0.150 e. The summed E-state index contributed by atoms with van der Waals surface area (Å²) in [5.74, 6) is 2.32. The highest BCUT2D eigenvalue weighted by atomic mass is 16.5. The van der Waals surface area contributed by atoms with Crippen LogP contribution in [-0.4, -0.2) is 58.9 Å². The molecule has 4 rings (SSSR count). The normalized spacial score (nSPS) is 22.6. The van der Waals surface area contributed by atoms with Crippen LogP contribution < -0.4 is 5.32 Å². The summed E-state index contributed by atoms with van der Waals surface area (Å²) in [6.07, 6.45) is 5.67. The van der Waals surface area contributed by atoms with E-state index in [0.29, 0.717) is 12.6 Å². The van der Waals surface area contributed by atoms with E-state index in [0.717, 1.165) is 56.7 Å². The summed E-state index contributed by atoms with van der Waals surface area (Å²) in [6, 6.07) is 8.21. The number of anilines is 2. The summed E-state index contributed by atoms with van der Waals surface area (Å²) >= 11 is 0. The first-order chi connectivity index (χ1) is 12.4. The molecule has 132 valence electrons. The Balaban J connectivity index is 1.53. The average Bonchev–Trinajstić information content (AvgIpc) is 2.70. The molecule has 0 saturated carbocycles. The van der Waals surface area contributed by atoms with Crippen molar-refractivity contribution in [2.75, 3.05) is 38.3 Å². The fraction of sp³-hybridized carbons (Fsp3) is 0.500. The van der Waals surface area contributed by atoms with E-state index in [-0.39, 0.29) is 6.04 Å². The van der Waals surface area contributed by atoms with E-state index in [1.165, 1.54) is 0 Å². The number of rotatable bonds is 4. The molecule has 0 radical (unpaired) electrons. The lowest BCUT2D eigenvalue weighted by molar-refractivity contribution is -0.0591. The van der Waals surface area contributed by atoms with Crippen LogP contribution in [0.5, 0.6) is 0 Å². The van der Waals surface area contributed by atoms with Crippen molar-refractivity contribution in [1.29, 1.82) is 0 Å². The molecule has 25 heavy (non-hydrogen) atoms. The molecule has 7 nitrogen and oxygen atoms in total. The monoisotopic (exact) mass is 341 g/mol. The second-order valence-corrected chi connectivity index (χ2v) is 6.31. The maximum atomic E-state index is 5.73. The number of aromatic nitrogens is 3. The Morgan fingerprint density at radius 3 is 2.72 bits per heavy atom. The molecule has 4 heterocycles. The lowest BCUT2D eigenvalue weighted by Gasteiger charge is -2.41. The third-order valence-electron chi connectivity index (χ3n) is 4.72. The van der Waals surface area contributed by atoms with Gasteiger partial charge in [-0.1, -0.05) is 6.07 Å². The van der Waals surface area contributed by atoms with Crippen molar-refractivity contribution in [3.63, 3.8) is 0 Å². The minimum Gasteiger partial charge on any atom is -0.381 e. The Morgan fingerprint density at radius 2 is 1.88 bits per heavy atom. The molecule has 2 aliphatic heterocycles. The lowest BCUT2D eigenvalue weighted by Crippen LogP contribution is -2.48. The van der Waals surface area contributed by atoms with E-state index in [2.05, 4.69) is 20.2 Å². The Bertz CT molecular complexity index is 678. The molecule has 7 heteroatoms.